The summed E-state index contributed by atoms with van der Waals surface area (Å²) in [4.78, 5) is 26.8. The Kier molecular flexibility index (Phi) is 2.70. The van der Waals surface area contributed by atoms with Crippen molar-refractivity contribution in [1.29, 1.82) is 0 Å². The fraction of sp³-hybridized carbons (Fsp3) is 0.375. The van der Waals surface area contributed by atoms with Gasteiger partial charge in [0.2, 0.25) is 11.8 Å². The second kappa shape index (κ2) is 4.41. The van der Waals surface area contributed by atoms with Crippen LogP contribution >= 0.6 is 0 Å². The minimum atomic E-state index is -1.07. The van der Waals surface area contributed by atoms with E-state index in [4.69, 9.17) is 9.47 Å². The van der Waals surface area contributed by atoms with Crippen LogP contribution in [-0.2, 0) is 14.3 Å². The van der Waals surface area contributed by atoms with Crippen LogP contribution in [-0.4, -0.2) is 42.3 Å². The Morgan fingerprint density at radius 1 is 1.32 bits per heavy atom. The highest BCUT2D eigenvalue weighted by Crippen LogP contribution is 2.52. The molecule has 2 bridgehead atoms. The van der Waals surface area contributed by atoms with Gasteiger partial charge in [-0.05, 0) is 12.1 Å². The SMILES string of the molecule is COc1ccccc1N1C(=O)[C@@H]2[C@H]3C=C[C@@](CO)(O3)[C@H]2C1=O. The molecule has 3 aliphatic heterocycles. The highest BCUT2D eigenvalue weighted by molar-refractivity contribution is 6.24. The molecular formula is C16H15NO5. The predicted octanol–water partition coefficient (Wildman–Crippen LogP) is 0.500. The van der Waals surface area contributed by atoms with Gasteiger partial charge in [-0.25, -0.2) is 4.90 Å². The van der Waals surface area contributed by atoms with Crippen LogP contribution in [0.15, 0.2) is 36.4 Å². The first kappa shape index (κ1) is 13.5. The number of imide groups is 1. The third-order valence-electron chi connectivity index (χ3n) is 4.73. The number of nitrogens with zero attached hydrogens (tertiary/aromatic N) is 1. The molecule has 6 nitrogen and oxygen atoms in total. The summed E-state index contributed by atoms with van der Waals surface area (Å²) in [5.74, 6) is -1.44. The lowest BCUT2D eigenvalue weighted by Crippen LogP contribution is -2.43. The molecule has 0 spiro atoms. The topological polar surface area (TPSA) is 76.1 Å². The lowest BCUT2D eigenvalue weighted by molar-refractivity contribution is -0.128. The van der Waals surface area contributed by atoms with Crippen molar-refractivity contribution in [1.82, 2.24) is 0 Å². The molecule has 0 radical (unpaired) electrons. The van der Waals surface area contributed by atoms with Gasteiger partial charge in [-0.15, -0.1) is 0 Å². The molecule has 1 aromatic carbocycles. The van der Waals surface area contributed by atoms with Crippen molar-refractivity contribution in [2.45, 2.75) is 11.7 Å². The van der Waals surface area contributed by atoms with Crippen LogP contribution in [0, 0.1) is 11.8 Å². The van der Waals surface area contributed by atoms with Gasteiger partial charge in [0.1, 0.15) is 11.4 Å². The Morgan fingerprint density at radius 2 is 2.09 bits per heavy atom. The van der Waals surface area contributed by atoms with Gasteiger partial charge in [-0.3, -0.25) is 9.59 Å². The molecule has 0 aromatic heterocycles. The Balaban J connectivity index is 1.80. The zero-order valence-corrected chi connectivity index (χ0v) is 11.9. The maximum atomic E-state index is 12.8. The summed E-state index contributed by atoms with van der Waals surface area (Å²) in [6.45, 7) is -0.319. The first-order chi connectivity index (χ1) is 10.6. The van der Waals surface area contributed by atoms with E-state index in [1.807, 2.05) is 0 Å². The molecule has 2 amide bonds. The molecule has 6 heteroatoms. The van der Waals surface area contributed by atoms with Crippen LogP contribution < -0.4 is 9.64 Å². The Morgan fingerprint density at radius 3 is 2.82 bits per heavy atom. The van der Waals surface area contributed by atoms with Crippen LogP contribution in [0.5, 0.6) is 5.75 Å². The van der Waals surface area contributed by atoms with Crippen molar-refractivity contribution in [3.05, 3.63) is 36.4 Å². The molecule has 2 saturated heterocycles. The number of fused-ring (bicyclic) bond motifs is 5. The number of para-hydroxylation sites is 2. The number of benzene rings is 1. The highest BCUT2D eigenvalue weighted by atomic mass is 16.5. The van der Waals surface area contributed by atoms with Crippen LogP contribution in [0.4, 0.5) is 5.69 Å². The van der Waals surface area contributed by atoms with Crippen molar-refractivity contribution in [2.24, 2.45) is 11.8 Å². The average molecular weight is 301 g/mol. The zero-order chi connectivity index (χ0) is 15.5. The highest BCUT2D eigenvalue weighted by Gasteiger charge is 2.67. The van der Waals surface area contributed by atoms with E-state index in [-0.39, 0.29) is 18.4 Å². The molecule has 3 aliphatic rings. The number of ether oxygens (including phenoxy) is 2. The molecule has 0 aliphatic carbocycles. The van der Waals surface area contributed by atoms with Crippen molar-refractivity contribution in [3.8, 4) is 5.75 Å². The molecule has 114 valence electrons. The second-order valence-corrected chi connectivity index (χ2v) is 5.74. The largest absolute Gasteiger partial charge is 0.495 e. The molecule has 1 N–H and O–H groups in total. The number of hydrogen-bond donors (Lipinski definition) is 1. The number of aliphatic hydroxyl groups is 1. The number of anilines is 1. The summed E-state index contributed by atoms with van der Waals surface area (Å²) in [6.07, 6.45) is 3.01. The normalized spacial score (nSPS) is 35.4. The molecule has 1 aromatic rings. The predicted molar refractivity (Wildman–Crippen MR) is 76.3 cm³/mol. The third-order valence-corrected chi connectivity index (χ3v) is 4.73. The minimum absolute atomic E-state index is 0.302. The molecule has 4 rings (SSSR count). The number of carbonyl (C=O) groups is 2. The van der Waals surface area contributed by atoms with Crippen LogP contribution in [0.2, 0.25) is 0 Å². The summed E-state index contributed by atoms with van der Waals surface area (Å²) in [5.41, 5.74) is -0.638. The van der Waals surface area contributed by atoms with Gasteiger partial charge in [0.15, 0.2) is 0 Å². The first-order valence-corrected chi connectivity index (χ1v) is 7.12. The van der Waals surface area contributed by atoms with Crippen molar-refractivity contribution >= 4 is 17.5 Å². The summed E-state index contributed by atoms with van der Waals surface area (Å²) in [5, 5.41) is 9.67. The van der Waals surface area contributed by atoms with Crippen LogP contribution in [0.3, 0.4) is 0 Å². The lowest BCUT2D eigenvalue weighted by Gasteiger charge is -2.26. The second-order valence-electron chi connectivity index (χ2n) is 5.74. The van der Waals surface area contributed by atoms with Crippen LogP contribution in [0.1, 0.15) is 0 Å². The standard InChI is InChI=1S/C16H15NO5/c1-21-10-5-3-2-4-9(10)17-14(19)12-11-6-7-16(8-18,22-11)13(12)15(17)20/h2-7,11-13,18H,8H2,1H3/t11-,12-,13-,16+/m1/s1. The van der Waals surface area contributed by atoms with Crippen LogP contribution in [0.25, 0.3) is 0 Å². The first-order valence-electron chi connectivity index (χ1n) is 7.12. The smallest absolute Gasteiger partial charge is 0.241 e. The number of carbonyl (C=O) groups excluding carboxylic acids is 2. The van der Waals surface area contributed by atoms with E-state index >= 15 is 0 Å². The summed E-state index contributed by atoms with van der Waals surface area (Å²) < 4.78 is 11.0. The van der Waals surface area contributed by atoms with E-state index in [2.05, 4.69) is 0 Å². The molecule has 2 fully saturated rings. The molecule has 4 atom stereocenters. The Labute approximate surface area is 126 Å². The molecular weight excluding hydrogens is 286 g/mol. The van der Waals surface area contributed by atoms with E-state index < -0.39 is 23.5 Å². The number of methoxy groups -OCH3 is 1. The van der Waals surface area contributed by atoms with Gasteiger partial charge in [0.25, 0.3) is 0 Å². The van der Waals surface area contributed by atoms with E-state index in [9.17, 15) is 14.7 Å². The number of aliphatic hydroxyl groups excluding tert-OH is 1. The lowest BCUT2D eigenvalue weighted by atomic mass is 9.77. The number of rotatable bonds is 3. The van der Waals surface area contributed by atoms with Crippen molar-refractivity contribution in [2.75, 3.05) is 18.6 Å². The Bertz CT molecular complexity index is 700. The Hall–Kier alpha value is -2.18. The molecule has 0 unspecified atom stereocenters. The maximum Gasteiger partial charge on any atom is 0.241 e. The molecule has 22 heavy (non-hydrogen) atoms. The maximum absolute atomic E-state index is 12.8. The van der Waals surface area contributed by atoms with Gasteiger partial charge >= 0.3 is 0 Å². The number of amides is 2. The number of hydrogen-bond acceptors (Lipinski definition) is 5. The third kappa shape index (κ3) is 1.46. The quantitative estimate of drug-likeness (QED) is 0.650. The van der Waals surface area contributed by atoms with E-state index in [0.717, 1.165) is 0 Å². The zero-order valence-electron chi connectivity index (χ0n) is 11.9. The summed E-state index contributed by atoms with van der Waals surface area (Å²) in [7, 11) is 1.49. The average Bonchev–Trinajstić information content (AvgIpc) is 3.18. The van der Waals surface area contributed by atoms with E-state index in [1.165, 1.54) is 12.0 Å². The summed E-state index contributed by atoms with van der Waals surface area (Å²) in [6, 6.07) is 6.90. The monoisotopic (exact) mass is 301 g/mol. The van der Waals surface area contributed by atoms with Gasteiger partial charge in [-0.2, -0.15) is 0 Å². The minimum Gasteiger partial charge on any atom is -0.495 e. The molecule has 0 saturated carbocycles. The fourth-order valence-corrected chi connectivity index (χ4v) is 3.74. The van der Waals surface area contributed by atoms with Gasteiger partial charge in [-0.1, -0.05) is 24.3 Å². The van der Waals surface area contributed by atoms with Gasteiger partial charge < -0.3 is 14.6 Å². The van der Waals surface area contributed by atoms with E-state index in [1.54, 1.807) is 36.4 Å². The molecule has 3 heterocycles. The fourth-order valence-electron chi connectivity index (χ4n) is 3.74. The summed E-state index contributed by atoms with van der Waals surface area (Å²) >= 11 is 0. The van der Waals surface area contributed by atoms with Gasteiger partial charge in [0.05, 0.1) is 37.3 Å². The van der Waals surface area contributed by atoms with Crippen molar-refractivity contribution in [3.63, 3.8) is 0 Å². The van der Waals surface area contributed by atoms with Gasteiger partial charge in [0, 0.05) is 0 Å². The van der Waals surface area contributed by atoms with Crippen molar-refractivity contribution < 1.29 is 24.2 Å². The van der Waals surface area contributed by atoms with E-state index in [0.29, 0.717) is 11.4 Å².